The highest BCUT2D eigenvalue weighted by Crippen LogP contribution is 2.21. The van der Waals surface area contributed by atoms with Crippen molar-refractivity contribution in [3.63, 3.8) is 0 Å². The third kappa shape index (κ3) is 8.27. The van der Waals surface area contributed by atoms with E-state index in [1.165, 1.54) is 5.56 Å². The van der Waals surface area contributed by atoms with Crippen LogP contribution in [0.1, 0.15) is 49.8 Å². The number of hydrogen-bond donors (Lipinski definition) is 2. The highest BCUT2D eigenvalue weighted by Gasteiger charge is 2.28. The highest BCUT2D eigenvalue weighted by molar-refractivity contribution is 5.89. The number of benzene rings is 2. The zero-order valence-electron chi connectivity index (χ0n) is 18.8. The Balaban J connectivity index is 1.85. The van der Waals surface area contributed by atoms with Crippen LogP contribution in [0, 0.1) is 11.8 Å². The van der Waals surface area contributed by atoms with E-state index in [4.69, 9.17) is 10.5 Å². The molecule has 0 aliphatic carbocycles. The summed E-state index contributed by atoms with van der Waals surface area (Å²) in [5.74, 6) is -3.94. The maximum Gasteiger partial charge on any atom is 0.330 e. The molecule has 2 aromatic rings. The summed E-state index contributed by atoms with van der Waals surface area (Å²) in [5, 5.41) is 9.59. The molecule has 172 valence electrons. The van der Waals surface area contributed by atoms with Gasteiger partial charge in [-0.25, -0.2) is 4.79 Å². The smallest absolute Gasteiger partial charge is 0.330 e. The van der Waals surface area contributed by atoms with E-state index in [1.54, 1.807) is 6.92 Å². The summed E-state index contributed by atoms with van der Waals surface area (Å²) in [5.41, 5.74) is 9.06. The quantitative estimate of drug-likeness (QED) is 0.383. The Bertz CT molecular complexity index is 879. The summed E-state index contributed by atoms with van der Waals surface area (Å²) in [7, 11) is 0. The van der Waals surface area contributed by atoms with Gasteiger partial charge in [-0.2, -0.15) is 0 Å². The molecule has 2 aromatic carbocycles. The Kier molecular flexibility index (Phi) is 10.1. The van der Waals surface area contributed by atoms with Gasteiger partial charge in [-0.15, -0.1) is 0 Å². The maximum absolute atomic E-state index is 12.4. The second kappa shape index (κ2) is 12.8. The van der Waals surface area contributed by atoms with Gasteiger partial charge in [-0.1, -0.05) is 74.9 Å². The first-order valence-electron chi connectivity index (χ1n) is 11.2. The molecule has 6 heteroatoms. The molecule has 0 heterocycles. The van der Waals surface area contributed by atoms with Gasteiger partial charge in [0.2, 0.25) is 0 Å². The van der Waals surface area contributed by atoms with Gasteiger partial charge in [-0.3, -0.25) is 9.59 Å². The topological polar surface area (TPSA) is 107 Å². The molecule has 0 radical (unpaired) electrons. The lowest BCUT2D eigenvalue weighted by molar-refractivity contribution is -0.163. The Hall–Kier alpha value is -2.99. The first-order chi connectivity index (χ1) is 15.3. The van der Waals surface area contributed by atoms with Crippen LogP contribution in [0.5, 0.6) is 0 Å². The molecule has 0 aromatic heterocycles. The predicted octanol–water partition coefficient (Wildman–Crippen LogP) is 3.94. The van der Waals surface area contributed by atoms with Crippen molar-refractivity contribution in [1.29, 1.82) is 0 Å². The molecule has 2 unspecified atom stereocenters. The lowest BCUT2D eigenvalue weighted by Crippen LogP contribution is -2.37. The van der Waals surface area contributed by atoms with Crippen LogP contribution < -0.4 is 5.73 Å². The van der Waals surface area contributed by atoms with Crippen molar-refractivity contribution in [2.75, 3.05) is 0 Å². The van der Waals surface area contributed by atoms with E-state index in [9.17, 15) is 19.5 Å². The molecule has 2 rings (SSSR count). The van der Waals surface area contributed by atoms with Crippen LogP contribution in [0.15, 0.2) is 54.6 Å². The van der Waals surface area contributed by atoms with Crippen LogP contribution >= 0.6 is 0 Å². The number of aliphatic carboxylic acids is 1. The number of hydrogen-bond acceptors (Lipinski definition) is 5. The van der Waals surface area contributed by atoms with Gasteiger partial charge in [0, 0.05) is 0 Å². The fourth-order valence-corrected chi connectivity index (χ4v) is 3.59. The molecule has 3 N–H and O–H groups in total. The third-order valence-corrected chi connectivity index (χ3v) is 5.54. The molecule has 0 aliphatic heterocycles. The SMILES string of the molecule is CCCc1ccc(CCC(CC(C)C(=O)OC(=O)[C@@H](N)Cc2ccccc2)C(=O)O)cc1. The Labute approximate surface area is 189 Å². The van der Waals surface area contributed by atoms with E-state index in [0.29, 0.717) is 12.8 Å². The van der Waals surface area contributed by atoms with Crippen LogP contribution in [-0.4, -0.2) is 29.1 Å². The lowest BCUT2D eigenvalue weighted by atomic mass is 9.90. The van der Waals surface area contributed by atoms with E-state index in [2.05, 4.69) is 19.1 Å². The number of esters is 2. The van der Waals surface area contributed by atoms with Crippen molar-refractivity contribution in [2.24, 2.45) is 17.6 Å². The number of ether oxygens (including phenoxy) is 1. The molecule has 6 nitrogen and oxygen atoms in total. The third-order valence-electron chi connectivity index (χ3n) is 5.54. The van der Waals surface area contributed by atoms with Crippen LogP contribution in [0.3, 0.4) is 0 Å². The molecule has 0 saturated carbocycles. The number of carbonyl (C=O) groups is 3. The Morgan fingerprint density at radius 3 is 2.06 bits per heavy atom. The molecular formula is C26H33NO5. The first kappa shape index (κ1) is 25.3. The van der Waals surface area contributed by atoms with Crippen LogP contribution in [0.2, 0.25) is 0 Å². The molecule has 0 bridgehead atoms. The number of carbonyl (C=O) groups excluding carboxylic acids is 2. The minimum absolute atomic E-state index is 0.100. The van der Waals surface area contributed by atoms with E-state index >= 15 is 0 Å². The predicted molar refractivity (Wildman–Crippen MR) is 123 cm³/mol. The number of rotatable bonds is 12. The fourth-order valence-electron chi connectivity index (χ4n) is 3.59. The first-order valence-corrected chi connectivity index (χ1v) is 11.2. The zero-order chi connectivity index (χ0) is 23.5. The average Bonchev–Trinajstić information content (AvgIpc) is 2.78. The summed E-state index contributed by atoms with van der Waals surface area (Å²) >= 11 is 0. The van der Waals surface area contributed by atoms with Gasteiger partial charge in [-0.05, 0) is 48.8 Å². The Morgan fingerprint density at radius 1 is 0.906 bits per heavy atom. The van der Waals surface area contributed by atoms with Crippen molar-refractivity contribution in [1.82, 2.24) is 0 Å². The van der Waals surface area contributed by atoms with E-state index in [0.717, 1.165) is 24.0 Å². The van der Waals surface area contributed by atoms with Crippen molar-refractivity contribution >= 4 is 17.9 Å². The van der Waals surface area contributed by atoms with Crippen LogP contribution in [0.4, 0.5) is 0 Å². The largest absolute Gasteiger partial charge is 0.481 e. The molecule has 0 amide bonds. The normalized spacial score (nSPS) is 13.7. The van der Waals surface area contributed by atoms with Crippen molar-refractivity contribution < 1.29 is 24.2 Å². The van der Waals surface area contributed by atoms with Gasteiger partial charge in [0.1, 0.15) is 6.04 Å². The minimum Gasteiger partial charge on any atom is -0.481 e. The van der Waals surface area contributed by atoms with Gasteiger partial charge in [0.15, 0.2) is 0 Å². The zero-order valence-corrected chi connectivity index (χ0v) is 18.8. The molecule has 0 aliphatic rings. The molecule has 3 atom stereocenters. The van der Waals surface area contributed by atoms with Gasteiger partial charge < -0.3 is 15.6 Å². The molecule has 0 fully saturated rings. The minimum atomic E-state index is -0.959. The average molecular weight is 440 g/mol. The number of carboxylic acid groups (broad SMARTS) is 1. The molecular weight excluding hydrogens is 406 g/mol. The molecule has 0 saturated heterocycles. The lowest BCUT2D eigenvalue weighted by Gasteiger charge is -2.17. The van der Waals surface area contributed by atoms with Gasteiger partial charge in [0.05, 0.1) is 11.8 Å². The number of nitrogens with two attached hydrogens (primary N) is 1. The monoisotopic (exact) mass is 439 g/mol. The molecule has 0 spiro atoms. The standard InChI is InChI=1S/C26H33NO5/c1-3-7-19-10-12-20(13-11-19)14-15-22(24(28)29)16-18(2)25(30)32-26(31)23(27)17-21-8-5-4-6-9-21/h4-6,8-13,18,22-23H,3,7,14-17,27H2,1-2H3,(H,28,29)/t18?,22?,23-/m0/s1. The van der Waals surface area contributed by atoms with Crippen molar-refractivity contribution in [2.45, 2.75) is 58.4 Å². The molecule has 32 heavy (non-hydrogen) atoms. The highest BCUT2D eigenvalue weighted by atomic mass is 16.6. The summed E-state index contributed by atoms with van der Waals surface area (Å²) in [6, 6.07) is 16.4. The van der Waals surface area contributed by atoms with Crippen molar-refractivity contribution in [3.8, 4) is 0 Å². The summed E-state index contributed by atoms with van der Waals surface area (Å²) in [4.78, 5) is 36.2. The second-order valence-corrected chi connectivity index (χ2v) is 8.31. The van der Waals surface area contributed by atoms with Crippen LogP contribution in [0.25, 0.3) is 0 Å². The number of aryl methyl sites for hydroxylation is 2. The second-order valence-electron chi connectivity index (χ2n) is 8.31. The fraction of sp³-hybridized carbons (Fsp3) is 0.423. The Morgan fingerprint density at radius 2 is 1.50 bits per heavy atom. The number of carboxylic acids is 1. The van der Waals surface area contributed by atoms with Gasteiger partial charge in [0.25, 0.3) is 0 Å². The van der Waals surface area contributed by atoms with E-state index in [1.807, 2.05) is 42.5 Å². The summed E-state index contributed by atoms with van der Waals surface area (Å²) < 4.78 is 4.93. The van der Waals surface area contributed by atoms with Crippen LogP contribution in [-0.2, 0) is 38.4 Å². The van der Waals surface area contributed by atoms with E-state index in [-0.39, 0.29) is 12.8 Å². The summed E-state index contributed by atoms with van der Waals surface area (Å²) in [6.07, 6.45) is 3.46. The maximum atomic E-state index is 12.4. The van der Waals surface area contributed by atoms with Crippen molar-refractivity contribution in [3.05, 3.63) is 71.3 Å². The van der Waals surface area contributed by atoms with Gasteiger partial charge >= 0.3 is 17.9 Å². The summed E-state index contributed by atoms with van der Waals surface area (Å²) in [6.45, 7) is 3.70. The van der Waals surface area contributed by atoms with E-state index < -0.39 is 35.8 Å².